The number of ether oxygens (including phenoxy) is 1. The fourth-order valence-corrected chi connectivity index (χ4v) is 5.75. The summed E-state index contributed by atoms with van der Waals surface area (Å²) in [7, 11) is 0. The molecule has 3 rings (SSSR count). The van der Waals surface area contributed by atoms with E-state index in [1.54, 1.807) is 4.90 Å². The topological polar surface area (TPSA) is 82.1 Å². The molecule has 2 fully saturated rings. The zero-order valence-corrected chi connectivity index (χ0v) is 22.4. The van der Waals surface area contributed by atoms with Crippen LogP contribution in [0.1, 0.15) is 71.3 Å². The van der Waals surface area contributed by atoms with E-state index in [2.05, 4.69) is 10.2 Å². The Labute approximate surface area is 219 Å². The van der Waals surface area contributed by atoms with Crippen molar-refractivity contribution in [2.75, 3.05) is 26.2 Å². The van der Waals surface area contributed by atoms with E-state index >= 15 is 0 Å². The first-order valence-electron chi connectivity index (χ1n) is 13.7. The van der Waals surface area contributed by atoms with Gasteiger partial charge in [0.1, 0.15) is 24.3 Å². The van der Waals surface area contributed by atoms with Crippen LogP contribution in [0.4, 0.5) is 13.6 Å². The highest BCUT2D eigenvalue weighted by molar-refractivity contribution is 5.73. The van der Waals surface area contributed by atoms with Crippen LogP contribution in [0.5, 0.6) is 0 Å². The summed E-state index contributed by atoms with van der Waals surface area (Å²) >= 11 is 0. The monoisotopic (exact) mass is 523 g/mol. The Bertz CT molecular complexity index is 872. The number of likely N-dealkylation sites (tertiary alicyclic amines) is 1. The first-order chi connectivity index (χ1) is 17.6. The molecule has 7 nitrogen and oxygen atoms in total. The van der Waals surface area contributed by atoms with E-state index in [0.717, 1.165) is 64.2 Å². The van der Waals surface area contributed by atoms with Crippen molar-refractivity contribution in [3.63, 3.8) is 0 Å². The molecule has 9 heteroatoms. The molecule has 0 spiro atoms. The van der Waals surface area contributed by atoms with Crippen LogP contribution in [0.2, 0.25) is 0 Å². The number of carbonyl (C=O) groups is 2. The number of hydrogen-bond acceptors (Lipinski definition) is 5. The molecular weight excluding hydrogens is 480 g/mol. The summed E-state index contributed by atoms with van der Waals surface area (Å²) in [6.07, 6.45) is 5.81. The van der Waals surface area contributed by atoms with Gasteiger partial charge in [-0.15, -0.1) is 0 Å². The largest absolute Gasteiger partial charge is 0.480 e. The quantitative estimate of drug-likeness (QED) is 0.400. The number of benzene rings is 1. The zero-order valence-electron chi connectivity index (χ0n) is 22.4. The lowest BCUT2D eigenvalue weighted by molar-refractivity contribution is -0.140. The molecule has 0 aromatic heterocycles. The summed E-state index contributed by atoms with van der Waals surface area (Å²) in [5, 5.41) is 12.9. The third kappa shape index (κ3) is 9.21. The van der Waals surface area contributed by atoms with Gasteiger partial charge in [-0.05, 0) is 74.5 Å². The molecular formula is C28H43F2N3O4. The molecule has 37 heavy (non-hydrogen) atoms. The predicted octanol–water partition coefficient (Wildman–Crippen LogP) is 5.04. The van der Waals surface area contributed by atoms with Gasteiger partial charge in [0.2, 0.25) is 0 Å². The molecule has 1 heterocycles. The number of piperidine rings is 1. The third-order valence-corrected chi connectivity index (χ3v) is 7.48. The number of carboxylic acid groups (broad SMARTS) is 1. The summed E-state index contributed by atoms with van der Waals surface area (Å²) < 4.78 is 32.3. The number of nitrogens with zero attached hydrogens (tertiary/aromatic N) is 2. The van der Waals surface area contributed by atoms with Crippen LogP contribution in [-0.2, 0) is 16.1 Å². The molecule has 2 aliphatic rings. The van der Waals surface area contributed by atoms with Crippen LogP contribution in [0.15, 0.2) is 18.2 Å². The highest BCUT2D eigenvalue weighted by Crippen LogP contribution is 2.29. The van der Waals surface area contributed by atoms with Crippen molar-refractivity contribution < 1.29 is 28.2 Å². The first-order valence-corrected chi connectivity index (χ1v) is 13.7. The Balaban J connectivity index is 1.44. The van der Waals surface area contributed by atoms with E-state index in [1.165, 1.54) is 12.1 Å². The Hall–Kier alpha value is -2.26. The summed E-state index contributed by atoms with van der Waals surface area (Å²) in [6, 6.07) is 3.00. The summed E-state index contributed by atoms with van der Waals surface area (Å²) in [5.74, 6) is -1.26. The lowest BCUT2D eigenvalue weighted by Crippen LogP contribution is -2.48. The van der Waals surface area contributed by atoms with Crippen molar-refractivity contribution >= 4 is 12.1 Å². The molecule has 2 N–H and O–H groups in total. The number of carboxylic acids is 1. The van der Waals surface area contributed by atoms with Crippen molar-refractivity contribution in [2.24, 2.45) is 11.8 Å². The maximum Gasteiger partial charge on any atom is 0.410 e. The molecule has 1 saturated carbocycles. The van der Waals surface area contributed by atoms with E-state index in [0.29, 0.717) is 30.4 Å². The maximum absolute atomic E-state index is 13.4. The van der Waals surface area contributed by atoms with Crippen LogP contribution < -0.4 is 5.32 Å². The van der Waals surface area contributed by atoms with Gasteiger partial charge in [0, 0.05) is 44.3 Å². The lowest BCUT2D eigenvalue weighted by Gasteiger charge is -2.38. The molecule has 208 valence electrons. The molecule has 1 aromatic rings. The number of carbonyl (C=O) groups excluding carboxylic acids is 1. The minimum atomic E-state index is -0.766. The summed E-state index contributed by atoms with van der Waals surface area (Å²) in [4.78, 5) is 28.7. The van der Waals surface area contributed by atoms with Crippen molar-refractivity contribution in [2.45, 2.75) is 90.4 Å². The van der Waals surface area contributed by atoms with E-state index in [9.17, 15) is 23.5 Å². The number of nitrogens with one attached hydrogen (secondary N) is 1. The van der Waals surface area contributed by atoms with Crippen LogP contribution in [-0.4, -0.2) is 71.3 Å². The number of hydrogen-bond donors (Lipinski definition) is 2. The molecule has 1 aromatic carbocycles. The van der Waals surface area contributed by atoms with Gasteiger partial charge in [-0.2, -0.15) is 0 Å². The Kier molecular flexibility index (Phi) is 11.1. The normalized spacial score (nSPS) is 21.8. The standard InChI is InChI=1S/C28H43F2N3O4/c1-4-9-33(28(36)37-18-21-13-22(29)16-23(30)14-21)25-7-10-32(11-8-25)17-20-5-6-24(15-20)31-26(27(34)35)12-19(2)3/h13-14,16,19-20,24-26,31H,4-12,15,17-18H2,1-3H3,(H,34,35). The summed E-state index contributed by atoms with van der Waals surface area (Å²) in [6.45, 7) is 9.31. The number of amides is 1. The van der Waals surface area contributed by atoms with Gasteiger partial charge in [0.15, 0.2) is 0 Å². The molecule has 3 unspecified atom stereocenters. The molecule has 3 atom stereocenters. The van der Waals surface area contributed by atoms with Crippen LogP contribution in [0.25, 0.3) is 0 Å². The van der Waals surface area contributed by atoms with Gasteiger partial charge in [-0.25, -0.2) is 13.6 Å². The highest BCUT2D eigenvalue weighted by atomic mass is 19.1. The first kappa shape index (κ1) is 29.3. The van der Waals surface area contributed by atoms with Gasteiger partial charge >= 0.3 is 12.1 Å². The van der Waals surface area contributed by atoms with Crippen molar-refractivity contribution in [1.29, 1.82) is 0 Å². The van der Waals surface area contributed by atoms with Crippen LogP contribution in [0.3, 0.4) is 0 Å². The van der Waals surface area contributed by atoms with Gasteiger partial charge in [0.25, 0.3) is 0 Å². The number of aliphatic carboxylic acids is 1. The SMILES string of the molecule is CCCN(C(=O)OCc1cc(F)cc(F)c1)C1CCN(CC2CCC(NC(CC(C)C)C(=O)O)C2)CC1. The predicted molar refractivity (Wildman–Crippen MR) is 138 cm³/mol. The second kappa shape index (κ2) is 14.0. The fourth-order valence-electron chi connectivity index (χ4n) is 5.75. The molecule has 0 bridgehead atoms. The zero-order chi connectivity index (χ0) is 26.9. The Morgan fingerprint density at radius 1 is 1.14 bits per heavy atom. The van der Waals surface area contributed by atoms with Gasteiger partial charge < -0.3 is 25.0 Å². The lowest BCUT2D eigenvalue weighted by atomic mass is 10.00. The minimum Gasteiger partial charge on any atom is -0.480 e. The number of halogens is 2. The van der Waals surface area contributed by atoms with E-state index in [-0.39, 0.29) is 18.7 Å². The molecule has 1 aliphatic heterocycles. The average molecular weight is 524 g/mol. The van der Waals surface area contributed by atoms with E-state index < -0.39 is 29.7 Å². The Morgan fingerprint density at radius 3 is 2.41 bits per heavy atom. The number of rotatable bonds is 12. The van der Waals surface area contributed by atoms with Crippen LogP contribution in [0, 0.1) is 23.5 Å². The average Bonchev–Trinajstić information content (AvgIpc) is 3.27. The highest BCUT2D eigenvalue weighted by Gasteiger charge is 2.33. The van der Waals surface area contributed by atoms with E-state index in [4.69, 9.17) is 4.74 Å². The molecule has 1 aliphatic carbocycles. The van der Waals surface area contributed by atoms with Gasteiger partial charge in [-0.3, -0.25) is 4.79 Å². The van der Waals surface area contributed by atoms with Crippen molar-refractivity contribution in [3.05, 3.63) is 35.4 Å². The molecule has 0 radical (unpaired) electrons. The second-order valence-electron chi connectivity index (χ2n) is 11.1. The minimum absolute atomic E-state index is 0.0818. The smallest absolute Gasteiger partial charge is 0.410 e. The van der Waals surface area contributed by atoms with Crippen molar-refractivity contribution in [1.82, 2.24) is 15.1 Å². The summed E-state index contributed by atoms with van der Waals surface area (Å²) in [5.41, 5.74) is 0.292. The Morgan fingerprint density at radius 2 is 1.81 bits per heavy atom. The fraction of sp³-hybridized carbons (Fsp3) is 0.714. The second-order valence-corrected chi connectivity index (χ2v) is 11.1. The van der Waals surface area contributed by atoms with Crippen LogP contribution >= 0.6 is 0 Å². The maximum atomic E-state index is 13.4. The third-order valence-electron chi connectivity index (χ3n) is 7.48. The molecule has 1 amide bonds. The molecule has 1 saturated heterocycles. The van der Waals surface area contributed by atoms with Gasteiger partial charge in [-0.1, -0.05) is 20.8 Å². The van der Waals surface area contributed by atoms with Gasteiger partial charge in [0.05, 0.1) is 0 Å². The van der Waals surface area contributed by atoms with Crippen molar-refractivity contribution in [3.8, 4) is 0 Å². The van der Waals surface area contributed by atoms with E-state index in [1.807, 2.05) is 20.8 Å².